The summed E-state index contributed by atoms with van der Waals surface area (Å²) >= 11 is 0. The predicted octanol–water partition coefficient (Wildman–Crippen LogP) is 14.8. The van der Waals surface area contributed by atoms with Gasteiger partial charge in [0.15, 0.2) is 18.9 Å². The summed E-state index contributed by atoms with van der Waals surface area (Å²) in [6.45, 7) is 1.76. The van der Waals surface area contributed by atoms with Crippen LogP contribution in [0.2, 0.25) is 0 Å². The topological polar surface area (TPSA) is 307 Å². The third-order valence-corrected chi connectivity index (χ3v) is 21.1. The first-order valence-electron chi connectivity index (χ1n) is 42.4. The fraction of sp³-hybridized carbons (Fsp3) is 0.893. The maximum absolute atomic E-state index is 13.5. The summed E-state index contributed by atoms with van der Waals surface area (Å²) in [4.78, 5) is 13.5. The number of carbonyl (C=O) groups is 1. The number of allylic oxidation sites excluding steroid dienone is 7. The smallest absolute Gasteiger partial charge is 0.220 e. The fourth-order valence-electron chi connectivity index (χ4n) is 14.3. The SMILES string of the molecule is CCCCCCCCCC/C=C\CCCCCCCCCCCCCCCCCCCCCC(=O)NC(COC1OC(CO)C(OC2OC(CO)C(OC3OC(CO)C(O)C(O)C3O)C(O)C2O)C(O)C1O)C(O)/C=C/CC/C=C/CC/C=C/CCCCCCCCCCCCCCCCCCC. The van der Waals surface area contributed by atoms with Crippen molar-refractivity contribution in [2.75, 3.05) is 26.4 Å². The van der Waals surface area contributed by atoms with Crippen molar-refractivity contribution >= 4 is 5.91 Å². The number of unbranched alkanes of at least 4 members (excludes halogenated alkanes) is 46. The van der Waals surface area contributed by atoms with Gasteiger partial charge in [-0.05, 0) is 70.6 Å². The molecule has 0 aromatic carbocycles. The number of aliphatic hydroxyl groups is 11. The van der Waals surface area contributed by atoms with Crippen LogP contribution in [0.3, 0.4) is 0 Å². The first kappa shape index (κ1) is 95.0. The van der Waals surface area contributed by atoms with E-state index in [1.807, 2.05) is 6.08 Å². The molecule has 19 heteroatoms. The number of carbonyl (C=O) groups excluding carboxylic acids is 1. The van der Waals surface area contributed by atoms with Crippen molar-refractivity contribution in [1.82, 2.24) is 5.32 Å². The molecular weight excluding hydrogens is 1310 g/mol. The highest BCUT2D eigenvalue weighted by atomic mass is 16.8. The van der Waals surface area contributed by atoms with E-state index in [1.165, 1.54) is 270 Å². The molecule has 103 heavy (non-hydrogen) atoms. The molecule has 604 valence electrons. The largest absolute Gasteiger partial charge is 0.394 e. The second-order valence-electron chi connectivity index (χ2n) is 30.3. The number of amides is 1. The average molecular weight is 1470 g/mol. The summed E-state index contributed by atoms with van der Waals surface area (Å²) in [6.07, 6.45) is 55.4. The quantitative estimate of drug-likeness (QED) is 0.0199. The van der Waals surface area contributed by atoms with E-state index in [9.17, 15) is 61.0 Å². The van der Waals surface area contributed by atoms with E-state index < -0.39 is 124 Å². The lowest BCUT2D eigenvalue weighted by Crippen LogP contribution is -2.66. The Labute approximate surface area is 624 Å². The summed E-state index contributed by atoms with van der Waals surface area (Å²) < 4.78 is 34.5. The molecule has 19 nitrogen and oxygen atoms in total. The van der Waals surface area contributed by atoms with Crippen LogP contribution in [0.4, 0.5) is 0 Å². The van der Waals surface area contributed by atoms with E-state index in [0.717, 1.165) is 44.9 Å². The van der Waals surface area contributed by atoms with Gasteiger partial charge < -0.3 is 89.9 Å². The van der Waals surface area contributed by atoms with Crippen LogP contribution in [-0.4, -0.2) is 193 Å². The average Bonchev–Trinajstić information content (AvgIpc) is 0.781. The van der Waals surface area contributed by atoms with Gasteiger partial charge in [0, 0.05) is 6.42 Å². The maximum atomic E-state index is 13.5. The molecule has 17 unspecified atom stereocenters. The summed E-state index contributed by atoms with van der Waals surface area (Å²) in [7, 11) is 0. The maximum Gasteiger partial charge on any atom is 0.220 e. The van der Waals surface area contributed by atoms with Crippen molar-refractivity contribution in [3.8, 4) is 0 Å². The molecule has 1 amide bonds. The fourth-order valence-corrected chi connectivity index (χ4v) is 14.3. The van der Waals surface area contributed by atoms with Gasteiger partial charge in [-0.3, -0.25) is 4.79 Å². The minimum Gasteiger partial charge on any atom is -0.394 e. The third kappa shape index (κ3) is 44.3. The Morgan fingerprint density at radius 2 is 0.621 bits per heavy atom. The van der Waals surface area contributed by atoms with E-state index in [1.54, 1.807) is 6.08 Å². The molecule has 0 aromatic rings. The Balaban J connectivity index is 1.37. The highest BCUT2D eigenvalue weighted by molar-refractivity contribution is 5.76. The molecule has 0 spiro atoms. The van der Waals surface area contributed by atoms with Gasteiger partial charge >= 0.3 is 0 Å². The van der Waals surface area contributed by atoms with E-state index >= 15 is 0 Å². The Morgan fingerprint density at radius 1 is 0.340 bits per heavy atom. The Bertz CT molecular complexity index is 2050. The van der Waals surface area contributed by atoms with Crippen molar-refractivity contribution in [1.29, 1.82) is 0 Å². The summed E-state index contributed by atoms with van der Waals surface area (Å²) in [6, 6.07) is -0.998. The molecule has 17 atom stereocenters. The highest BCUT2D eigenvalue weighted by Gasteiger charge is 2.54. The number of ether oxygens (including phenoxy) is 6. The molecule has 0 aromatic heterocycles. The van der Waals surface area contributed by atoms with Crippen LogP contribution >= 0.6 is 0 Å². The van der Waals surface area contributed by atoms with Gasteiger partial charge in [-0.15, -0.1) is 0 Å². The minimum absolute atomic E-state index is 0.235. The normalized spacial score (nSPS) is 26.2. The molecule has 3 rings (SSSR count). The first-order valence-corrected chi connectivity index (χ1v) is 42.4. The molecule has 12 N–H and O–H groups in total. The van der Waals surface area contributed by atoms with E-state index in [2.05, 4.69) is 55.6 Å². The zero-order valence-corrected chi connectivity index (χ0v) is 64.8. The van der Waals surface area contributed by atoms with Crippen molar-refractivity contribution in [3.63, 3.8) is 0 Å². The molecule has 0 saturated carbocycles. The number of hydrogen-bond donors (Lipinski definition) is 12. The Morgan fingerprint density at radius 3 is 0.971 bits per heavy atom. The molecule has 3 saturated heterocycles. The number of nitrogens with one attached hydrogen (secondary N) is 1. The summed E-state index contributed by atoms with van der Waals surface area (Å²) in [5, 5.41) is 121. The second-order valence-corrected chi connectivity index (χ2v) is 30.3. The van der Waals surface area contributed by atoms with Crippen LogP contribution in [0.1, 0.15) is 348 Å². The van der Waals surface area contributed by atoms with Crippen molar-refractivity contribution < 1.29 is 89.4 Å². The van der Waals surface area contributed by atoms with Crippen LogP contribution in [0.15, 0.2) is 48.6 Å². The Kier molecular flexibility index (Phi) is 59.5. The van der Waals surface area contributed by atoms with Crippen LogP contribution in [0, 0.1) is 0 Å². The second kappa shape index (κ2) is 64.6. The van der Waals surface area contributed by atoms with E-state index in [-0.39, 0.29) is 18.9 Å². The van der Waals surface area contributed by atoms with Crippen molar-refractivity contribution in [2.24, 2.45) is 0 Å². The molecular formula is C84H155NO18. The Hall–Kier alpha value is -2.25. The van der Waals surface area contributed by atoms with Crippen LogP contribution in [0.25, 0.3) is 0 Å². The van der Waals surface area contributed by atoms with Gasteiger partial charge in [-0.25, -0.2) is 0 Å². The number of hydrogen-bond acceptors (Lipinski definition) is 18. The van der Waals surface area contributed by atoms with Gasteiger partial charge in [0.2, 0.25) is 5.91 Å². The van der Waals surface area contributed by atoms with Crippen LogP contribution < -0.4 is 5.32 Å². The molecule has 0 radical (unpaired) electrons. The van der Waals surface area contributed by atoms with Gasteiger partial charge in [-0.2, -0.15) is 0 Å². The van der Waals surface area contributed by atoms with Crippen molar-refractivity contribution in [3.05, 3.63) is 48.6 Å². The van der Waals surface area contributed by atoms with Gasteiger partial charge in [0.25, 0.3) is 0 Å². The van der Waals surface area contributed by atoms with Gasteiger partial charge in [0.05, 0.1) is 38.6 Å². The first-order chi connectivity index (χ1) is 50.3. The molecule has 0 bridgehead atoms. The summed E-state index contributed by atoms with van der Waals surface area (Å²) in [5.74, 6) is -0.284. The monoisotopic (exact) mass is 1470 g/mol. The highest BCUT2D eigenvalue weighted by Crippen LogP contribution is 2.33. The number of aliphatic hydroxyl groups excluding tert-OH is 11. The van der Waals surface area contributed by atoms with Crippen LogP contribution in [0.5, 0.6) is 0 Å². The molecule has 3 heterocycles. The minimum atomic E-state index is -1.98. The zero-order valence-electron chi connectivity index (χ0n) is 64.8. The standard InChI is InChI=1S/C84H155NO18/c1-3-5-7-9-11-13-15-17-19-21-23-25-27-29-31-32-33-34-36-38-40-42-44-46-48-50-52-54-56-58-60-62-72(90)85-67(68(89)61-59-57-55-53-51-49-47-45-43-41-39-37-35-30-28-26-24-22-20-18-16-14-12-10-8-6-4-2)66-98-82-78(96)75(93)80(70(64-87)100-82)103-84-79(97)76(94)81(71(65-88)101-84)102-83-77(95)74(92)73(91)69(63-86)99-83/h21,23,43,45,51,53,59,61,67-71,73-84,86-89,91-97H,3-20,22,24-42,44,46-50,52,54-58,60,62-66H2,1-2H3,(H,85,90)/b23-21-,45-43+,53-51+,61-59+. The summed E-state index contributed by atoms with van der Waals surface area (Å²) in [5.41, 5.74) is 0. The lowest BCUT2D eigenvalue weighted by atomic mass is 9.96. The van der Waals surface area contributed by atoms with E-state index in [4.69, 9.17) is 28.4 Å². The van der Waals surface area contributed by atoms with Crippen molar-refractivity contribution in [2.45, 2.75) is 452 Å². The number of rotatable bonds is 68. The molecule has 3 aliphatic rings. The van der Waals surface area contributed by atoms with E-state index in [0.29, 0.717) is 12.8 Å². The lowest BCUT2D eigenvalue weighted by Gasteiger charge is -2.48. The molecule has 3 fully saturated rings. The molecule has 3 aliphatic heterocycles. The third-order valence-electron chi connectivity index (χ3n) is 21.1. The zero-order chi connectivity index (χ0) is 74.6. The van der Waals surface area contributed by atoms with Crippen LogP contribution in [-0.2, 0) is 33.2 Å². The predicted molar refractivity (Wildman–Crippen MR) is 411 cm³/mol. The van der Waals surface area contributed by atoms with Gasteiger partial charge in [0.1, 0.15) is 73.2 Å². The molecule has 0 aliphatic carbocycles. The lowest BCUT2D eigenvalue weighted by molar-refractivity contribution is -0.379. The van der Waals surface area contributed by atoms with Gasteiger partial charge in [-0.1, -0.05) is 319 Å².